The highest BCUT2D eigenvalue weighted by Gasteiger charge is 2.27. The van der Waals surface area contributed by atoms with Crippen molar-refractivity contribution >= 4 is 11.9 Å². The molecule has 2 rings (SSSR count). The van der Waals surface area contributed by atoms with E-state index in [2.05, 4.69) is 0 Å². The second kappa shape index (κ2) is 6.67. The van der Waals surface area contributed by atoms with Crippen molar-refractivity contribution in [1.29, 1.82) is 0 Å². The fourth-order valence-corrected chi connectivity index (χ4v) is 2.50. The molecule has 1 saturated heterocycles. The summed E-state index contributed by atoms with van der Waals surface area (Å²) in [5, 5.41) is 18.9. The van der Waals surface area contributed by atoms with Crippen LogP contribution < -0.4 is 0 Å². The van der Waals surface area contributed by atoms with E-state index >= 15 is 0 Å². The molecule has 0 aromatic heterocycles. The van der Waals surface area contributed by atoms with Gasteiger partial charge < -0.3 is 15.1 Å². The maximum atomic E-state index is 13.1. The number of aliphatic hydroxyl groups excluding tert-OH is 1. The first-order valence-corrected chi connectivity index (χ1v) is 6.91. The predicted octanol–water partition coefficient (Wildman–Crippen LogP) is 1.57. The third kappa shape index (κ3) is 4.01. The Hall–Kier alpha value is -1.95. The third-order valence-electron chi connectivity index (χ3n) is 3.80. The van der Waals surface area contributed by atoms with Gasteiger partial charge in [0.2, 0.25) is 5.91 Å². The van der Waals surface area contributed by atoms with E-state index < -0.39 is 23.8 Å². The lowest BCUT2D eigenvalue weighted by Crippen LogP contribution is -2.40. The second-order valence-corrected chi connectivity index (χ2v) is 5.27. The molecule has 0 radical (unpaired) electrons. The number of aliphatic carboxylic acids is 1. The standard InChI is InChI=1S/C15H18FNO4/c16-12-3-1-2-11(8-12)13(18)9-14(19)17-6-4-10(5-7-17)15(20)21/h1-3,8,10,13,18H,4-7,9H2,(H,20,21)/t13-/m1/s1. The largest absolute Gasteiger partial charge is 0.481 e. The molecule has 2 N–H and O–H groups in total. The number of piperidine rings is 1. The zero-order chi connectivity index (χ0) is 15.4. The highest BCUT2D eigenvalue weighted by Crippen LogP contribution is 2.22. The molecule has 0 unspecified atom stereocenters. The summed E-state index contributed by atoms with van der Waals surface area (Å²) in [5.41, 5.74) is 0.365. The van der Waals surface area contributed by atoms with Crippen LogP contribution in [-0.2, 0) is 9.59 Å². The number of carbonyl (C=O) groups is 2. The van der Waals surface area contributed by atoms with Crippen molar-refractivity contribution in [3.05, 3.63) is 35.6 Å². The number of amides is 1. The Bertz CT molecular complexity index is 526. The zero-order valence-electron chi connectivity index (χ0n) is 11.5. The lowest BCUT2D eigenvalue weighted by molar-refractivity contribution is -0.146. The number of benzene rings is 1. The SMILES string of the molecule is O=C(O)C1CCN(C(=O)C[C@@H](O)c2cccc(F)c2)CC1. The Labute approximate surface area is 122 Å². The number of likely N-dealkylation sites (tertiary alicyclic amines) is 1. The number of carboxylic acid groups (broad SMARTS) is 1. The first-order valence-electron chi connectivity index (χ1n) is 6.91. The minimum absolute atomic E-state index is 0.124. The Morgan fingerprint density at radius 1 is 1.33 bits per heavy atom. The molecule has 1 atom stereocenters. The molecule has 0 spiro atoms. The van der Waals surface area contributed by atoms with Crippen LogP contribution >= 0.6 is 0 Å². The van der Waals surface area contributed by atoms with Crippen molar-refractivity contribution in [3.8, 4) is 0 Å². The van der Waals surface area contributed by atoms with E-state index in [4.69, 9.17) is 5.11 Å². The van der Waals surface area contributed by atoms with Crippen LogP contribution in [0.4, 0.5) is 4.39 Å². The van der Waals surface area contributed by atoms with Gasteiger partial charge in [-0.05, 0) is 30.5 Å². The number of carbonyl (C=O) groups excluding carboxylic acids is 1. The molecule has 1 aliphatic rings. The van der Waals surface area contributed by atoms with E-state index in [1.54, 1.807) is 11.0 Å². The molecule has 1 aliphatic heterocycles. The normalized spacial score (nSPS) is 17.5. The van der Waals surface area contributed by atoms with Crippen molar-refractivity contribution < 1.29 is 24.2 Å². The minimum Gasteiger partial charge on any atom is -0.481 e. The zero-order valence-corrected chi connectivity index (χ0v) is 11.5. The third-order valence-corrected chi connectivity index (χ3v) is 3.80. The predicted molar refractivity (Wildman–Crippen MR) is 72.9 cm³/mol. The van der Waals surface area contributed by atoms with Crippen LogP contribution in [-0.4, -0.2) is 40.1 Å². The van der Waals surface area contributed by atoms with Gasteiger partial charge in [0.25, 0.3) is 0 Å². The Morgan fingerprint density at radius 3 is 2.57 bits per heavy atom. The van der Waals surface area contributed by atoms with Crippen molar-refractivity contribution in [3.63, 3.8) is 0 Å². The minimum atomic E-state index is -1.05. The molecule has 0 bridgehead atoms. The lowest BCUT2D eigenvalue weighted by Gasteiger charge is -2.30. The van der Waals surface area contributed by atoms with Crippen LogP contribution in [0.2, 0.25) is 0 Å². The number of rotatable bonds is 4. The molecule has 1 heterocycles. The van der Waals surface area contributed by atoms with Gasteiger partial charge in [-0.15, -0.1) is 0 Å². The van der Waals surface area contributed by atoms with Gasteiger partial charge in [0.05, 0.1) is 18.4 Å². The van der Waals surface area contributed by atoms with Gasteiger partial charge in [-0.25, -0.2) is 4.39 Å². The molecule has 1 fully saturated rings. The summed E-state index contributed by atoms with van der Waals surface area (Å²) < 4.78 is 13.1. The number of halogens is 1. The maximum Gasteiger partial charge on any atom is 0.306 e. The van der Waals surface area contributed by atoms with Crippen molar-refractivity contribution in [2.75, 3.05) is 13.1 Å². The number of hydrogen-bond donors (Lipinski definition) is 2. The van der Waals surface area contributed by atoms with Gasteiger partial charge in [-0.2, -0.15) is 0 Å². The Balaban J connectivity index is 1.89. The monoisotopic (exact) mass is 295 g/mol. The summed E-state index contributed by atoms with van der Waals surface area (Å²) in [5.74, 6) is -1.93. The summed E-state index contributed by atoms with van der Waals surface area (Å²) in [6.45, 7) is 0.761. The summed E-state index contributed by atoms with van der Waals surface area (Å²) in [6.07, 6.45) is -0.319. The average Bonchev–Trinajstić information content (AvgIpc) is 2.47. The van der Waals surface area contributed by atoms with Gasteiger partial charge in [-0.1, -0.05) is 12.1 Å². The first-order chi connectivity index (χ1) is 9.97. The van der Waals surface area contributed by atoms with E-state index in [9.17, 15) is 19.1 Å². The first kappa shape index (κ1) is 15.4. The molecule has 0 saturated carbocycles. The molecule has 21 heavy (non-hydrogen) atoms. The van der Waals surface area contributed by atoms with Crippen LogP contribution in [0.1, 0.15) is 30.9 Å². The van der Waals surface area contributed by atoms with Crippen molar-refractivity contribution in [1.82, 2.24) is 4.90 Å². The summed E-state index contributed by atoms with van der Waals surface area (Å²) in [6, 6.07) is 5.53. The smallest absolute Gasteiger partial charge is 0.306 e. The van der Waals surface area contributed by atoms with Crippen LogP contribution in [0.3, 0.4) is 0 Å². The average molecular weight is 295 g/mol. The quantitative estimate of drug-likeness (QED) is 0.884. The van der Waals surface area contributed by atoms with Gasteiger partial charge in [0.1, 0.15) is 5.82 Å². The lowest BCUT2D eigenvalue weighted by atomic mass is 9.96. The summed E-state index contributed by atoms with van der Waals surface area (Å²) >= 11 is 0. The van der Waals surface area contributed by atoms with Crippen LogP contribution in [0.15, 0.2) is 24.3 Å². The molecule has 1 aromatic carbocycles. The molecular weight excluding hydrogens is 277 g/mol. The van der Waals surface area contributed by atoms with E-state index in [1.807, 2.05) is 0 Å². The van der Waals surface area contributed by atoms with Crippen molar-refractivity contribution in [2.45, 2.75) is 25.4 Å². The van der Waals surface area contributed by atoms with E-state index in [0.717, 1.165) is 0 Å². The number of carboxylic acids is 1. The van der Waals surface area contributed by atoms with Gasteiger partial charge >= 0.3 is 5.97 Å². The fourth-order valence-electron chi connectivity index (χ4n) is 2.50. The van der Waals surface area contributed by atoms with E-state index in [-0.39, 0.29) is 12.3 Å². The van der Waals surface area contributed by atoms with E-state index in [0.29, 0.717) is 31.5 Å². The fraction of sp³-hybridized carbons (Fsp3) is 0.467. The molecular formula is C15H18FNO4. The molecule has 1 aromatic rings. The molecule has 6 heteroatoms. The Kier molecular flexibility index (Phi) is 4.90. The number of nitrogens with zero attached hydrogens (tertiary/aromatic N) is 1. The van der Waals surface area contributed by atoms with Crippen LogP contribution in [0.25, 0.3) is 0 Å². The van der Waals surface area contributed by atoms with Gasteiger partial charge in [0.15, 0.2) is 0 Å². The van der Waals surface area contributed by atoms with Crippen LogP contribution in [0, 0.1) is 11.7 Å². The summed E-state index contributed by atoms with van der Waals surface area (Å²) in [4.78, 5) is 24.5. The highest BCUT2D eigenvalue weighted by molar-refractivity contribution is 5.77. The van der Waals surface area contributed by atoms with Crippen LogP contribution in [0.5, 0.6) is 0 Å². The topological polar surface area (TPSA) is 77.8 Å². The molecule has 0 aliphatic carbocycles. The molecule has 114 valence electrons. The maximum absolute atomic E-state index is 13.1. The molecule has 1 amide bonds. The van der Waals surface area contributed by atoms with Gasteiger partial charge in [0, 0.05) is 13.1 Å². The van der Waals surface area contributed by atoms with Gasteiger partial charge in [-0.3, -0.25) is 9.59 Å². The Morgan fingerprint density at radius 2 is 2.00 bits per heavy atom. The highest BCUT2D eigenvalue weighted by atomic mass is 19.1. The molecule has 5 nitrogen and oxygen atoms in total. The number of aliphatic hydroxyl groups is 1. The number of hydrogen-bond acceptors (Lipinski definition) is 3. The van der Waals surface area contributed by atoms with E-state index in [1.165, 1.54) is 18.2 Å². The second-order valence-electron chi connectivity index (χ2n) is 5.27. The summed E-state index contributed by atoms with van der Waals surface area (Å²) in [7, 11) is 0. The van der Waals surface area contributed by atoms with Crippen molar-refractivity contribution in [2.24, 2.45) is 5.92 Å².